The Bertz CT molecular complexity index is 497. The Hall–Kier alpha value is -1.20. The maximum absolute atomic E-state index is 13.8. The van der Waals surface area contributed by atoms with Gasteiger partial charge in [0.15, 0.2) is 0 Å². The Morgan fingerprint density at radius 3 is 2.68 bits per heavy atom. The second kappa shape index (κ2) is 5.06. The van der Waals surface area contributed by atoms with E-state index in [-0.39, 0.29) is 10.8 Å². The summed E-state index contributed by atoms with van der Waals surface area (Å²) in [4.78, 5) is 2.57. The normalized spacial score (nSPS) is 29.2. The van der Waals surface area contributed by atoms with Gasteiger partial charge in [-0.25, -0.2) is 4.39 Å². The predicted molar refractivity (Wildman–Crippen MR) is 78.9 cm³/mol. The number of nitrogens with one attached hydrogen (secondary N) is 1. The molecule has 0 radical (unpaired) electrons. The first-order valence-electron chi connectivity index (χ1n) is 6.72. The van der Waals surface area contributed by atoms with Gasteiger partial charge in [-0.1, -0.05) is 18.3 Å². The van der Waals surface area contributed by atoms with Crippen LogP contribution in [0.4, 0.5) is 10.1 Å². The molecule has 102 valence electrons. The summed E-state index contributed by atoms with van der Waals surface area (Å²) < 4.78 is 13.8. The number of piperidine rings is 3. The molecule has 3 nitrogen and oxygen atoms in total. The van der Waals surface area contributed by atoms with E-state index in [9.17, 15) is 4.39 Å². The number of nitrogens with zero attached hydrogens (tertiary/aromatic N) is 1. The Balaban J connectivity index is 1.84. The molecule has 0 amide bonds. The van der Waals surface area contributed by atoms with Crippen molar-refractivity contribution in [2.24, 2.45) is 11.7 Å². The summed E-state index contributed by atoms with van der Waals surface area (Å²) in [5.41, 5.74) is 6.71. The van der Waals surface area contributed by atoms with Gasteiger partial charge in [-0.2, -0.15) is 0 Å². The van der Waals surface area contributed by atoms with Crippen LogP contribution in [0.25, 0.3) is 0 Å². The summed E-state index contributed by atoms with van der Waals surface area (Å²) in [6.07, 6.45) is 2.44. The van der Waals surface area contributed by atoms with Gasteiger partial charge in [0.1, 0.15) is 10.8 Å². The highest BCUT2D eigenvalue weighted by atomic mass is 32.1. The highest BCUT2D eigenvalue weighted by Crippen LogP contribution is 2.31. The molecule has 3 saturated heterocycles. The standard InChI is InChI=1S/C14H18FN3S/c15-10-2-1-3-11(13(10)14(16)19)17-12-8-18-6-4-9(12)5-7-18/h1-3,9,12,17H,4-8H2,(H2,16,19). The molecular weight excluding hydrogens is 261 g/mol. The molecule has 3 heterocycles. The zero-order chi connectivity index (χ0) is 13.4. The van der Waals surface area contributed by atoms with E-state index >= 15 is 0 Å². The fourth-order valence-electron chi connectivity index (χ4n) is 3.22. The topological polar surface area (TPSA) is 41.3 Å². The van der Waals surface area contributed by atoms with Crippen LogP contribution in [0.3, 0.4) is 0 Å². The van der Waals surface area contributed by atoms with Crippen LogP contribution in [0.5, 0.6) is 0 Å². The summed E-state index contributed by atoms with van der Waals surface area (Å²) in [6, 6.07) is 5.32. The molecule has 0 spiro atoms. The van der Waals surface area contributed by atoms with Crippen LogP contribution >= 0.6 is 12.2 Å². The first-order chi connectivity index (χ1) is 9.15. The summed E-state index contributed by atoms with van der Waals surface area (Å²) in [5, 5.41) is 3.45. The van der Waals surface area contributed by atoms with Crippen molar-refractivity contribution >= 4 is 22.9 Å². The lowest BCUT2D eigenvalue weighted by atomic mass is 9.84. The molecule has 0 aromatic heterocycles. The molecule has 19 heavy (non-hydrogen) atoms. The van der Waals surface area contributed by atoms with Gasteiger partial charge in [0, 0.05) is 18.3 Å². The lowest BCUT2D eigenvalue weighted by Gasteiger charge is -2.45. The lowest BCUT2D eigenvalue weighted by molar-refractivity contribution is 0.0975. The van der Waals surface area contributed by atoms with E-state index in [0.717, 1.165) is 12.2 Å². The summed E-state index contributed by atoms with van der Waals surface area (Å²) in [6.45, 7) is 3.40. The van der Waals surface area contributed by atoms with Crippen molar-refractivity contribution < 1.29 is 4.39 Å². The Kier molecular flexibility index (Phi) is 3.41. The summed E-state index contributed by atoms with van der Waals surface area (Å²) in [7, 11) is 0. The number of hydrogen-bond donors (Lipinski definition) is 2. The van der Waals surface area contributed by atoms with Crippen LogP contribution in [-0.2, 0) is 0 Å². The number of thiocarbonyl (C=S) groups is 1. The monoisotopic (exact) mass is 279 g/mol. The summed E-state index contributed by atoms with van der Waals surface area (Å²) in [5.74, 6) is 0.325. The zero-order valence-corrected chi connectivity index (χ0v) is 11.5. The van der Waals surface area contributed by atoms with Crippen molar-refractivity contribution in [2.45, 2.75) is 18.9 Å². The van der Waals surface area contributed by atoms with Gasteiger partial charge in [0.2, 0.25) is 0 Å². The van der Waals surface area contributed by atoms with Crippen LogP contribution in [-0.4, -0.2) is 35.6 Å². The molecule has 3 N–H and O–H groups in total. The van der Waals surface area contributed by atoms with E-state index in [1.54, 1.807) is 6.07 Å². The molecule has 1 atom stereocenters. The van der Waals surface area contributed by atoms with Gasteiger partial charge in [-0.05, 0) is 44.0 Å². The van der Waals surface area contributed by atoms with Crippen molar-refractivity contribution in [3.63, 3.8) is 0 Å². The number of fused-ring (bicyclic) bond motifs is 3. The van der Waals surface area contributed by atoms with E-state index < -0.39 is 0 Å². The summed E-state index contributed by atoms with van der Waals surface area (Å²) >= 11 is 4.96. The number of rotatable bonds is 3. The molecule has 3 aliphatic rings. The first kappa shape index (κ1) is 12.8. The smallest absolute Gasteiger partial charge is 0.135 e. The molecule has 3 fully saturated rings. The lowest BCUT2D eigenvalue weighted by Crippen LogP contribution is -2.53. The molecule has 1 aromatic rings. The first-order valence-corrected chi connectivity index (χ1v) is 7.13. The molecule has 1 unspecified atom stereocenters. The fourth-order valence-corrected chi connectivity index (χ4v) is 3.43. The van der Waals surface area contributed by atoms with Gasteiger partial charge >= 0.3 is 0 Å². The van der Waals surface area contributed by atoms with Gasteiger partial charge in [0.05, 0.1) is 5.56 Å². The van der Waals surface area contributed by atoms with Crippen LogP contribution in [0.15, 0.2) is 18.2 Å². The maximum Gasteiger partial charge on any atom is 0.135 e. The van der Waals surface area contributed by atoms with E-state index in [1.165, 1.54) is 32.0 Å². The van der Waals surface area contributed by atoms with E-state index in [0.29, 0.717) is 17.5 Å². The Labute approximate surface area is 118 Å². The number of nitrogens with two attached hydrogens (primary N) is 1. The van der Waals surface area contributed by atoms with Crippen molar-refractivity contribution in [3.8, 4) is 0 Å². The van der Waals surface area contributed by atoms with Crippen LogP contribution in [0.2, 0.25) is 0 Å². The molecule has 1 aromatic carbocycles. The maximum atomic E-state index is 13.8. The Morgan fingerprint density at radius 2 is 2.11 bits per heavy atom. The second-order valence-corrected chi connectivity index (χ2v) is 5.86. The van der Waals surface area contributed by atoms with Gasteiger partial charge in [-0.3, -0.25) is 0 Å². The average molecular weight is 279 g/mol. The highest BCUT2D eigenvalue weighted by molar-refractivity contribution is 7.80. The molecule has 0 aliphatic carbocycles. The predicted octanol–water partition coefficient (Wildman–Crippen LogP) is 1.97. The number of anilines is 1. The number of hydrogen-bond acceptors (Lipinski definition) is 3. The van der Waals surface area contributed by atoms with Gasteiger partial charge < -0.3 is 16.0 Å². The third kappa shape index (κ3) is 2.44. The molecule has 4 rings (SSSR count). The van der Waals surface area contributed by atoms with Crippen molar-refractivity contribution in [2.75, 3.05) is 25.0 Å². The SMILES string of the molecule is NC(=S)c1c(F)cccc1NC1CN2CCC1CC2. The van der Waals surface area contributed by atoms with Gasteiger partial charge in [-0.15, -0.1) is 0 Å². The third-order valence-corrected chi connectivity index (χ3v) is 4.46. The molecule has 3 aliphatic heterocycles. The van der Waals surface area contributed by atoms with Crippen LogP contribution in [0, 0.1) is 11.7 Å². The molecule has 5 heteroatoms. The fraction of sp³-hybridized carbons (Fsp3) is 0.500. The van der Waals surface area contributed by atoms with Crippen molar-refractivity contribution in [3.05, 3.63) is 29.6 Å². The van der Waals surface area contributed by atoms with Gasteiger partial charge in [0.25, 0.3) is 0 Å². The molecule has 2 bridgehead atoms. The molecular formula is C14H18FN3S. The Morgan fingerprint density at radius 1 is 1.37 bits per heavy atom. The van der Waals surface area contributed by atoms with Crippen LogP contribution in [0.1, 0.15) is 18.4 Å². The third-order valence-electron chi connectivity index (χ3n) is 4.26. The average Bonchev–Trinajstić information content (AvgIpc) is 2.39. The minimum Gasteiger partial charge on any atom is -0.389 e. The van der Waals surface area contributed by atoms with Crippen LogP contribution < -0.4 is 11.1 Å². The minimum absolute atomic E-state index is 0.113. The van der Waals surface area contributed by atoms with Crippen molar-refractivity contribution in [1.82, 2.24) is 4.90 Å². The van der Waals surface area contributed by atoms with E-state index in [4.69, 9.17) is 18.0 Å². The highest BCUT2D eigenvalue weighted by Gasteiger charge is 2.34. The van der Waals surface area contributed by atoms with Crippen molar-refractivity contribution in [1.29, 1.82) is 0 Å². The number of halogens is 1. The quantitative estimate of drug-likeness (QED) is 0.830. The second-order valence-electron chi connectivity index (χ2n) is 5.42. The molecule has 0 saturated carbocycles. The minimum atomic E-state index is -0.348. The zero-order valence-electron chi connectivity index (χ0n) is 10.7. The largest absolute Gasteiger partial charge is 0.389 e. The van der Waals surface area contributed by atoms with E-state index in [1.807, 2.05) is 6.07 Å². The van der Waals surface area contributed by atoms with E-state index in [2.05, 4.69) is 10.2 Å². The number of benzene rings is 1.